The molecule has 13 heavy (non-hydrogen) atoms. The number of aliphatic hydroxyl groups excluding tert-OH is 4. The van der Waals surface area contributed by atoms with E-state index in [1.54, 1.807) is 0 Å². The van der Waals surface area contributed by atoms with Crippen LogP contribution in [0.5, 0.6) is 0 Å². The lowest BCUT2D eigenvalue weighted by Gasteiger charge is -2.39. The number of hydrogen-bond acceptors (Lipinski definition) is 6. The van der Waals surface area contributed by atoms with Crippen molar-refractivity contribution < 1.29 is 29.9 Å². The van der Waals surface area contributed by atoms with Gasteiger partial charge in [-0.1, -0.05) is 0 Å². The molecule has 0 aliphatic carbocycles. The van der Waals surface area contributed by atoms with Gasteiger partial charge in [0.1, 0.15) is 23.9 Å². The normalized spacial score (nSPS) is 55.4. The molecule has 2 bridgehead atoms. The van der Waals surface area contributed by atoms with Gasteiger partial charge < -0.3 is 29.9 Å². The van der Waals surface area contributed by atoms with E-state index >= 15 is 0 Å². The molecule has 2 aliphatic heterocycles. The molecule has 2 fully saturated rings. The van der Waals surface area contributed by atoms with Crippen molar-refractivity contribution in [3.8, 4) is 0 Å². The molecule has 0 aromatic rings. The lowest BCUT2D eigenvalue weighted by molar-refractivity contribution is -0.265. The third kappa shape index (κ3) is 1.11. The van der Waals surface area contributed by atoms with E-state index in [9.17, 15) is 15.3 Å². The maximum Gasteiger partial charge on any atom is 0.187 e. The van der Waals surface area contributed by atoms with Crippen LogP contribution in [0.3, 0.4) is 0 Å². The van der Waals surface area contributed by atoms with Gasteiger partial charge in [-0.05, 0) is 0 Å². The summed E-state index contributed by atoms with van der Waals surface area (Å²) in [5.41, 5.74) is -1.27. The van der Waals surface area contributed by atoms with Crippen molar-refractivity contribution in [2.24, 2.45) is 0 Å². The molecule has 0 aromatic heterocycles. The third-order valence-electron chi connectivity index (χ3n) is 2.60. The fourth-order valence-corrected chi connectivity index (χ4v) is 1.68. The van der Waals surface area contributed by atoms with E-state index in [0.29, 0.717) is 0 Å². The zero-order chi connectivity index (χ0) is 9.64. The van der Waals surface area contributed by atoms with E-state index in [1.807, 2.05) is 0 Å². The highest BCUT2D eigenvalue weighted by Crippen LogP contribution is 2.36. The Morgan fingerprint density at radius 3 is 2.54 bits per heavy atom. The van der Waals surface area contributed by atoms with Gasteiger partial charge in [0, 0.05) is 0 Å². The molecule has 0 aromatic carbocycles. The van der Waals surface area contributed by atoms with Gasteiger partial charge in [0.2, 0.25) is 0 Å². The smallest absolute Gasteiger partial charge is 0.187 e. The average molecular weight is 192 g/mol. The van der Waals surface area contributed by atoms with E-state index < -0.39 is 36.8 Å². The maximum atomic E-state index is 9.51. The third-order valence-corrected chi connectivity index (χ3v) is 2.60. The first-order valence-electron chi connectivity index (χ1n) is 4.05. The molecule has 0 spiro atoms. The van der Waals surface area contributed by atoms with E-state index in [1.165, 1.54) is 0 Å². The standard InChI is InChI=1S/C7H12O6/c8-1-7-2-12-6(13-7)4(10)3(9)5(7)11/h3-6,8-11H,1-2H2/t3-,4-,5-,6-,7-/m1/s1. The van der Waals surface area contributed by atoms with Crippen molar-refractivity contribution in [3.05, 3.63) is 0 Å². The Kier molecular flexibility index (Phi) is 2.06. The Hall–Kier alpha value is -0.240. The molecule has 0 unspecified atom stereocenters. The van der Waals surface area contributed by atoms with Crippen molar-refractivity contribution in [1.82, 2.24) is 0 Å². The summed E-state index contributed by atoms with van der Waals surface area (Å²) in [6.45, 7) is -0.474. The number of fused-ring (bicyclic) bond motifs is 2. The fraction of sp³-hybridized carbons (Fsp3) is 1.00. The maximum absolute atomic E-state index is 9.51. The summed E-state index contributed by atoms with van der Waals surface area (Å²) in [6, 6.07) is 0. The Morgan fingerprint density at radius 2 is 1.92 bits per heavy atom. The number of aliphatic hydroxyl groups is 4. The minimum absolute atomic E-state index is 0.0244. The number of hydrogen-bond donors (Lipinski definition) is 4. The van der Waals surface area contributed by atoms with Crippen LogP contribution in [0.1, 0.15) is 0 Å². The van der Waals surface area contributed by atoms with Gasteiger partial charge >= 0.3 is 0 Å². The van der Waals surface area contributed by atoms with Gasteiger partial charge in [0.25, 0.3) is 0 Å². The van der Waals surface area contributed by atoms with Crippen LogP contribution in [0.4, 0.5) is 0 Å². The Balaban J connectivity index is 2.25. The van der Waals surface area contributed by atoms with Crippen molar-refractivity contribution >= 4 is 0 Å². The summed E-state index contributed by atoms with van der Waals surface area (Å²) < 4.78 is 10.1. The van der Waals surface area contributed by atoms with Crippen LogP contribution < -0.4 is 0 Å². The summed E-state index contributed by atoms with van der Waals surface area (Å²) in [5.74, 6) is 0. The SMILES string of the molecule is OC[C@]12CO[C@H](O1)[C@H](O)[C@@H](O)[C@H]2O. The molecule has 2 heterocycles. The second-order valence-corrected chi connectivity index (χ2v) is 3.45. The van der Waals surface area contributed by atoms with Gasteiger partial charge in [-0.15, -0.1) is 0 Å². The largest absolute Gasteiger partial charge is 0.393 e. The van der Waals surface area contributed by atoms with Crippen LogP contribution in [0.15, 0.2) is 0 Å². The van der Waals surface area contributed by atoms with Crippen molar-refractivity contribution in [2.45, 2.75) is 30.2 Å². The Labute approximate surface area is 74.3 Å². The highest BCUT2D eigenvalue weighted by atomic mass is 16.8. The first-order valence-corrected chi connectivity index (χ1v) is 4.05. The quantitative estimate of drug-likeness (QED) is 0.358. The molecule has 4 N–H and O–H groups in total. The number of rotatable bonds is 1. The molecule has 0 amide bonds. The predicted molar refractivity (Wildman–Crippen MR) is 38.7 cm³/mol. The van der Waals surface area contributed by atoms with E-state index in [4.69, 9.17) is 14.6 Å². The molecule has 2 saturated heterocycles. The topological polar surface area (TPSA) is 99.4 Å². The average Bonchev–Trinajstić information content (AvgIpc) is 2.55. The molecular weight excluding hydrogens is 180 g/mol. The van der Waals surface area contributed by atoms with Gasteiger partial charge in [0.15, 0.2) is 6.29 Å². The van der Waals surface area contributed by atoms with E-state index in [0.717, 1.165) is 0 Å². The van der Waals surface area contributed by atoms with Crippen LogP contribution in [-0.2, 0) is 9.47 Å². The molecule has 6 heteroatoms. The van der Waals surface area contributed by atoms with Crippen LogP contribution in [0, 0.1) is 0 Å². The second-order valence-electron chi connectivity index (χ2n) is 3.45. The number of ether oxygens (including phenoxy) is 2. The molecule has 5 atom stereocenters. The van der Waals surface area contributed by atoms with Gasteiger partial charge in [-0.3, -0.25) is 0 Å². The monoisotopic (exact) mass is 192 g/mol. The molecule has 0 saturated carbocycles. The lowest BCUT2D eigenvalue weighted by atomic mass is 9.90. The molecule has 0 radical (unpaired) electrons. The van der Waals surface area contributed by atoms with Crippen LogP contribution in [0.25, 0.3) is 0 Å². The Bertz CT molecular complexity index is 209. The summed E-state index contributed by atoms with van der Waals surface area (Å²) in [5, 5.41) is 37.2. The molecule has 6 nitrogen and oxygen atoms in total. The summed E-state index contributed by atoms with van der Waals surface area (Å²) in [4.78, 5) is 0. The predicted octanol–water partition coefficient (Wildman–Crippen LogP) is -2.81. The van der Waals surface area contributed by atoms with Crippen LogP contribution >= 0.6 is 0 Å². The van der Waals surface area contributed by atoms with Crippen LogP contribution in [-0.4, -0.2) is 63.8 Å². The van der Waals surface area contributed by atoms with Gasteiger partial charge in [-0.25, -0.2) is 0 Å². The minimum atomic E-state index is -1.34. The highest BCUT2D eigenvalue weighted by molar-refractivity contribution is 5.03. The van der Waals surface area contributed by atoms with Crippen molar-refractivity contribution in [2.75, 3.05) is 13.2 Å². The summed E-state index contributed by atoms with van der Waals surface area (Å²) in [6.07, 6.45) is -4.89. The van der Waals surface area contributed by atoms with Crippen molar-refractivity contribution in [3.63, 3.8) is 0 Å². The van der Waals surface area contributed by atoms with E-state index in [2.05, 4.69) is 0 Å². The van der Waals surface area contributed by atoms with Crippen molar-refractivity contribution in [1.29, 1.82) is 0 Å². The molecule has 2 rings (SSSR count). The first-order chi connectivity index (χ1) is 6.10. The molecule has 2 aliphatic rings. The first kappa shape index (κ1) is 9.32. The molecule has 76 valence electrons. The highest BCUT2D eigenvalue weighted by Gasteiger charge is 2.58. The molecular formula is C7H12O6. The zero-order valence-electron chi connectivity index (χ0n) is 6.83. The lowest BCUT2D eigenvalue weighted by Crippen LogP contribution is -2.62. The van der Waals surface area contributed by atoms with E-state index in [-0.39, 0.29) is 6.61 Å². The fourth-order valence-electron chi connectivity index (χ4n) is 1.68. The summed E-state index contributed by atoms with van der Waals surface area (Å²) >= 11 is 0. The van der Waals surface area contributed by atoms with Gasteiger partial charge in [0.05, 0.1) is 13.2 Å². The van der Waals surface area contributed by atoms with Gasteiger partial charge in [-0.2, -0.15) is 0 Å². The summed E-state index contributed by atoms with van der Waals surface area (Å²) in [7, 11) is 0. The Morgan fingerprint density at radius 1 is 1.23 bits per heavy atom. The minimum Gasteiger partial charge on any atom is -0.393 e. The second kappa shape index (κ2) is 2.88. The zero-order valence-corrected chi connectivity index (χ0v) is 6.83. The van der Waals surface area contributed by atoms with Crippen LogP contribution in [0.2, 0.25) is 0 Å².